The Morgan fingerprint density at radius 1 is 1.57 bits per heavy atom. The lowest BCUT2D eigenvalue weighted by Crippen LogP contribution is -2.14. The summed E-state index contributed by atoms with van der Waals surface area (Å²) in [6.45, 7) is -0.210. The Morgan fingerprint density at radius 2 is 2.36 bits per heavy atom. The summed E-state index contributed by atoms with van der Waals surface area (Å²) in [7, 11) is 0. The van der Waals surface area contributed by atoms with Crippen molar-refractivity contribution >= 4 is 28.2 Å². The van der Waals surface area contributed by atoms with Gasteiger partial charge in [-0.05, 0) is 0 Å². The van der Waals surface area contributed by atoms with Gasteiger partial charge in [0.1, 0.15) is 5.01 Å². The van der Waals surface area contributed by atoms with Crippen LogP contribution in [0.15, 0.2) is 0 Å². The Bertz CT molecular complexity index is 270. The SMILES string of the molecule is NNc1nnc(CSCC(O)CO)s1. The van der Waals surface area contributed by atoms with Crippen molar-refractivity contribution in [3.8, 4) is 0 Å². The van der Waals surface area contributed by atoms with Crippen molar-refractivity contribution in [1.29, 1.82) is 0 Å². The summed E-state index contributed by atoms with van der Waals surface area (Å²) in [5, 5.41) is 26.7. The molecule has 0 radical (unpaired) electrons. The van der Waals surface area contributed by atoms with E-state index in [0.717, 1.165) is 5.01 Å². The number of rotatable bonds is 6. The highest BCUT2D eigenvalue weighted by molar-refractivity contribution is 7.98. The molecule has 0 aliphatic rings. The van der Waals surface area contributed by atoms with Gasteiger partial charge in [0, 0.05) is 11.5 Å². The Hall–Kier alpha value is -0.410. The standard InChI is InChI=1S/C6H12N4O2S2/c7-8-6-10-9-5(14-6)3-13-2-4(12)1-11/h4,11-12H,1-3,7H2,(H,8,10). The van der Waals surface area contributed by atoms with E-state index < -0.39 is 6.10 Å². The van der Waals surface area contributed by atoms with Crippen LogP contribution in [0.25, 0.3) is 0 Å². The number of nitrogen functional groups attached to an aromatic ring is 1. The maximum atomic E-state index is 9.05. The first kappa shape index (κ1) is 11.7. The van der Waals surface area contributed by atoms with E-state index in [9.17, 15) is 0 Å². The molecular formula is C6H12N4O2S2. The zero-order valence-corrected chi connectivity index (χ0v) is 9.01. The quantitative estimate of drug-likeness (QED) is 0.386. The minimum atomic E-state index is -0.667. The molecule has 0 saturated heterocycles. The third kappa shape index (κ3) is 3.76. The summed E-state index contributed by atoms with van der Waals surface area (Å²) >= 11 is 2.86. The molecule has 6 nitrogen and oxygen atoms in total. The van der Waals surface area contributed by atoms with Crippen LogP contribution in [0.3, 0.4) is 0 Å². The third-order valence-electron chi connectivity index (χ3n) is 1.34. The van der Waals surface area contributed by atoms with Gasteiger partial charge in [0.05, 0.1) is 12.7 Å². The number of aliphatic hydroxyl groups is 2. The number of nitrogens with two attached hydrogens (primary N) is 1. The van der Waals surface area contributed by atoms with E-state index in [-0.39, 0.29) is 6.61 Å². The summed E-state index contributed by atoms with van der Waals surface area (Å²) in [6.07, 6.45) is -0.667. The molecule has 0 aliphatic carbocycles. The molecule has 1 atom stereocenters. The molecule has 80 valence electrons. The van der Waals surface area contributed by atoms with Crippen LogP contribution < -0.4 is 11.3 Å². The van der Waals surface area contributed by atoms with Gasteiger partial charge in [-0.25, -0.2) is 5.84 Å². The molecule has 0 aliphatic heterocycles. The van der Waals surface area contributed by atoms with E-state index in [1.807, 2.05) is 0 Å². The number of nitrogens with zero attached hydrogens (tertiary/aromatic N) is 2. The lowest BCUT2D eigenvalue weighted by molar-refractivity contribution is 0.113. The maximum Gasteiger partial charge on any atom is 0.219 e. The number of thioether (sulfide) groups is 1. The molecule has 1 rings (SSSR count). The highest BCUT2D eigenvalue weighted by atomic mass is 32.2. The molecule has 0 amide bonds. The van der Waals surface area contributed by atoms with E-state index in [1.54, 1.807) is 0 Å². The van der Waals surface area contributed by atoms with Gasteiger partial charge in [0.25, 0.3) is 0 Å². The van der Waals surface area contributed by atoms with E-state index in [1.165, 1.54) is 23.1 Å². The van der Waals surface area contributed by atoms with Gasteiger partial charge >= 0.3 is 0 Å². The van der Waals surface area contributed by atoms with E-state index in [0.29, 0.717) is 16.6 Å². The number of hydrogen-bond acceptors (Lipinski definition) is 8. The third-order valence-corrected chi connectivity index (χ3v) is 3.47. The summed E-state index contributed by atoms with van der Waals surface area (Å²) in [5.41, 5.74) is 2.40. The number of aliphatic hydroxyl groups excluding tert-OH is 2. The summed E-state index contributed by atoms with van der Waals surface area (Å²) < 4.78 is 0. The minimum Gasteiger partial charge on any atom is -0.394 e. The molecule has 5 N–H and O–H groups in total. The smallest absolute Gasteiger partial charge is 0.219 e. The monoisotopic (exact) mass is 236 g/mol. The minimum absolute atomic E-state index is 0.210. The fourth-order valence-corrected chi connectivity index (χ4v) is 2.36. The Balaban J connectivity index is 2.24. The zero-order valence-electron chi connectivity index (χ0n) is 7.38. The van der Waals surface area contributed by atoms with Crippen LogP contribution in [0, 0.1) is 0 Å². The lowest BCUT2D eigenvalue weighted by atomic mass is 10.4. The van der Waals surface area contributed by atoms with Gasteiger partial charge in [0.2, 0.25) is 5.13 Å². The first-order valence-corrected chi connectivity index (χ1v) is 5.89. The van der Waals surface area contributed by atoms with Crippen LogP contribution in [-0.4, -0.2) is 38.9 Å². The van der Waals surface area contributed by atoms with Crippen LogP contribution >= 0.6 is 23.1 Å². The molecule has 0 aromatic carbocycles. The van der Waals surface area contributed by atoms with Gasteiger partial charge < -0.3 is 10.2 Å². The second kappa shape index (κ2) is 6.14. The van der Waals surface area contributed by atoms with Crippen molar-refractivity contribution < 1.29 is 10.2 Å². The molecule has 0 saturated carbocycles. The first-order valence-electron chi connectivity index (χ1n) is 3.92. The number of anilines is 1. The molecule has 1 heterocycles. The van der Waals surface area contributed by atoms with Gasteiger partial charge in [0.15, 0.2) is 0 Å². The van der Waals surface area contributed by atoms with E-state index in [4.69, 9.17) is 16.1 Å². The summed E-state index contributed by atoms with van der Waals surface area (Å²) in [6, 6.07) is 0. The topological polar surface area (TPSA) is 104 Å². The van der Waals surface area contributed by atoms with Gasteiger partial charge in [-0.3, -0.25) is 5.43 Å². The number of aromatic nitrogens is 2. The van der Waals surface area contributed by atoms with Crippen molar-refractivity contribution in [2.45, 2.75) is 11.9 Å². The normalized spacial score (nSPS) is 12.8. The molecule has 0 bridgehead atoms. The molecule has 14 heavy (non-hydrogen) atoms. The number of hydrogen-bond donors (Lipinski definition) is 4. The molecule has 1 aromatic rings. The summed E-state index contributed by atoms with van der Waals surface area (Å²) in [5.74, 6) is 6.29. The molecular weight excluding hydrogens is 224 g/mol. The molecule has 0 fully saturated rings. The predicted molar refractivity (Wildman–Crippen MR) is 57.0 cm³/mol. The van der Waals surface area contributed by atoms with Crippen LogP contribution in [0.1, 0.15) is 5.01 Å². The van der Waals surface area contributed by atoms with Crippen molar-refractivity contribution in [3.63, 3.8) is 0 Å². The number of nitrogens with one attached hydrogen (secondary N) is 1. The van der Waals surface area contributed by atoms with Crippen molar-refractivity contribution in [2.24, 2.45) is 5.84 Å². The Kier molecular flexibility index (Phi) is 5.12. The van der Waals surface area contributed by atoms with Gasteiger partial charge in [-0.15, -0.1) is 10.2 Å². The van der Waals surface area contributed by atoms with Gasteiger partial charge in [-0.2, -0.15) is 11.8 Å². The zero-order chi connectivity index (χ0) is 10.4. The second-order valence-corrected chi connectivity index (χ2v) is 4.59. The van der Waals surface area contributed by atoms with Crippen LogP contribution in [-0.2, 0) is 5.75 Å². The average molecular weight is 236 g/mol. The fraction of sp³-hybridized carbons (Fsp3) is 0.667. The molecule has 1 aromatic heterocycles. The van der Waals surface area contributed by atoms with E-state index >= 15 is 0 Å². The fourth-order valence-electron chi connectivity index (χ4n) is 0.705. The molecule has 0 spiro atoms. The highest BCUT2D eigenvalue weighted by Crippen LogP contribution is 2.19. The number of hydrazine groups is 1. The maximum absolute atomic E-state index is 9.05. The van der Waals surface area contributed by atoms with Gasteiger partial charge in [-0.1, -0.05) is 11.3 Å². The Labute approximate surface area is 89.5 Å². The first-order chi connectivity index (χ1) is 6.76. The highest BCUT2D eigenvalue weighted by Gasteiger charge is 2.05. The predicted octanol–water partition coefficient (Wildman–Crippen LogP) is -0.590. The lowest BCUT2D eigenvalue weighted by Gasteiger charge is -2.03. The summed E-state index contributed by atoms with van der Waals surface area (Å²) in [4.78, 5) is 0. The van der Waals surface area contributed by atoms with Crippen LogP contribution in [0.4, 0.5) is 5.13 Å². The second-order valence-electron chi connectivity index (χ2n) is 2.50. The average Bonchev–Trinajstić information content (AvgIpc) is 2.65. The van der Waals surface area contributed by atoms with Crippen LogP contribution in [0.5, 0.6) is 0 Å². The van der Waals surface area contributed by atoms with E-state index in [2.05, 4.69) is 15.6 Å². The molecule has 1 unspecified atom stereocenters. The van der Waals surface area contributed by atoms with Crippen LogP contribution in [0.2, 0.25) is 0 Å². The van der Waals surface area contributed by atoms with Crippen molar-refractivity contribution in [1.82, 2.24) is 10.2 Å². The largest absolute Gasteiger partial charge is 0.394 e. The van der Waals surface area contributed by atoms with Crippen molar-refractivity contribution in [3.05, 3.63) is 5.01 Å². The Morgan fingerprint density at radius 3 is 2.93 bits per heavy atom. The van der Waals surface area contributed by atoms with Crippen molar-refractivity contribution in [2.75, 3.05) is 17.8 Å². The molecule has 8 heteroatoms.